The molecule has 0 aliphatic heterocycles. The Morgan fingerprint density at radius 2 is 2.31 bits per heavy atom. The predicted octanol–water partition coefficient (Wildman–Crippen LogP) is -0.0919. The molecule has 0 aliphatic rings. The van der Waals surface area contributed by atoms with Gasteiger partial charge in [-0.2, -0.15) is 0 Å². The largest absolute Gasteiger partial charge is 0.349 e. The lowest BCUT2D eigenvalue weighted by Crippen LogP contribution is -2.31. The zero-order chi connectivity index (χ0) is 9.84. The van der Waals surface area contributed by atoms with Gasteiger partial charge in [-0.3, -0.25) is 9.59 Å². The van der Waals surface area contributed by atoms with Gasteiger partial charge in [0.2, 0.25) is 0 Å². The normalized spacial score (nSPS) is 10.1. The molecule has 5 nitrogen and oxygen atoms in total. The van der Waals surface area contributed by atoms with Crippen LogP contribution < -0.4 is 10.9 Å². The maximum Gasteiger partial charge on any atom is 0.270 e. The molecule has 0 aliphatic carbocycles. The van der Waals surface area contributed by atoms with Crippen molar-refractivity contribution in [2.24, 2.45) is 0 Å². The number of nitrogens with one attached hydrogen (secondary N) is 2. The van der Waals surface area contributed by atoms with Crippen LogP contribution in [-0.2, 0) is 0 Å². The fourth-order valence-electron chi connectivity index (χ4n) is 0.829. The highest BCUT2D eigenvalue weighted by molar-refractivity contribution is 5.92. The zero-order valence-corrected chi connectivity index (χ0v) is 7.50. The van der Waals surface area contributed by atoms with Crippen molar-refractivity contribution in [3.8, 4) is 0 Å². The van der Waals surface area contributed by atoms with Crippen LogP contribution in [0.2, 0.25) is 0 Å². The molecular weight excluding hydrogens is 170 g/mol. The summed E-state index contributed by atoms with van der Waals surface area (Å²) in [6.45, 7) is 3.68. The fraction of sp³-hybridized carbons (Fsp3) is 0.375. The van der Waals surface area contributed by atoms with Crippen LogP contribution in [0, 0.1) is 0 Å². The van der Waals surface area contributed by atoms with Gasteiger partial charge in [0.05, 0.1) is 6.33 Å². The van der Waals surface area contributed by atoms with Gasteiger partial charge >= 0.3 is 0 Å². The van der Waals surface area contributed by atoms with E-state index in [1.165, 1.54) is 6.33 Å². The van der Waals surface area contributed by atoms with Gasteiger partial charge in [0.15, 0.2) is 0 Å². The van der Waals surface area contributed by atoms with Gasteiger partial charge in [-0.25, -0.2) is 4.98 Å². The number of nitrogens with zero attached hydrogens (tertiary/aromatic N) is 1. The quantitative estimate of drug-likeness (QED) is 0.669. The Hall–Kier alpha value is -1.65. The number of amides is 1. The number of carbonyl (C=O) groups excluding carboxylic acids is 1. The third kappa shape index (κ3) is 2.70. The number of aromatic amines is 1. The van der Waals surface area contributed by atoms with Gasteiger partial charge in [0, 0.05) is 12.1 Å². The average molecular weight is 181 g/mol. The van der Waals surface area contributed by atoms with Crippen molar-refractivity contribution >= 4 is 5.91 Å². The summed E-state index contributed by atoms with van der Waals surface area (Å²) in [5, 5.41) is 2.63. The number of H-pyrrole nitrogens is 1. The zero-order valence-electron chi connectivity index (χ0n) is 7.50. The molecule has 0 saturated heterocycles. The van der Waals surface area contributed by atoms with Crippen molar-refractivity contribution in [1.82, 2.24) is 15.3 Å². The minimum Gasteiger partial charge on any atom is -0.349 e. The molecule has 70 valence electrons. The van der Waals surface area contributed by atoms with Crippen LogP contribution in [-0.4, -0.2) is 21.9 Å². The Morgan fingerprint density at radius 1 is 1.62 bits per heavy atom. The lowest BCUT2D eigenvalue weighted by atomic mass is 10.3. The maximum absolute atomic E-state index is 11.3. The Labute approximate surface area is 75.2 Å². The van der Waals surface area contributed by atoms with Crippen molar-refractivity contribution < 1.29 is 4.79 Å². The minimum atomic E-state index is -0.332. The van der Waals surface area contributed by atoms with Gasteiger partial charge in [-0.1, -0.05) is 0 Å². The number of hydrogen-bond donors (Lipinski definition) is 2. The van der Waals surface area contributed by atoms with Crippen LogP contribution in [0.3, 0.4) is 0 Å². The maximum atomic E-state index is 11.3. The molecule has 0 aromatic carbocycles. The molecule has 1 rings (SSSR count). The first-order valence-electron chi connectivity index (χ1n) is 3.95. The molecule has 0 saturated carbocycles. The second-order valence-corrected chi connectivity index (χ2v) is 2.92. The smallest absolute Gasteiger partial charge is 0.270 e. The van der Waals surface area contributed by atoms with Crippen molar-refractivity contribution in [2.75, 3.05) is 0 Å². The molecule has 2 N–H and O–H groups in total. The third-order valence-corrected chi connectivity index (χ3v) is 1.33. The molecule has 0 fully saturated rings. The molecule has 0 spiro atoms. The molecule has 1 amide bonds. The summed E-state index contributed by atoms with van der Waals surface area (Å²) < 4.78 is 0. The average Bonchev–Trinajstić information content (AvgIpc) is 2.03. The van der Waals surface area contributed by atoms with E-state index < -0.39 is 0 Å². The standard InChI is InChI=1S/C8H11N3O2/c1-5(2)11-8(13)6-3-7(12)10-4-9-6/h3-5H,1-2H3,(H,11,13)(H,9,10,12). The first kappa shape index (κ1) is 9.44. The lowest BCUT2D eigenvalue weighted by Gasteiger charge is -2.06. The van der Waals surface area contributed by atoms with E-state index in [0.717, 1.165) is 6.07 Å². The molecule has 0 atom stereocenters. The minimum absolute atomic E-state index is 0.0357. The highest BCUT2D eigenvalue weighted by Crippen LogP contribution is 1.88. The highest BCUT2D eigenvalue weighted by Gasteiger charge is 2.07. The number of rotatable bonds is 2. The Bertz CT molecular complexity index is 356. The van der Waals surface area contributed by atoms with Crippen molar-refractivity contribution in [3.63, 3.8) is 0 Å². The van der Waals surface area contributed by atoms with Crippen LogP contribution in [0.4, 0.5) is 0 Å². The van der Waals surface area contributed by atoms with Crippen LogP contribution in [0.25, 0.3) is 0 Å². The van der Waals surface area contributed by atoms with Gasteiger partial charge < -0.3 is 10.3 Å². The van der Waals surface area contributed by atoms with Gasteiger partial charge in [-0.05, 0) is 13.8 Å². The summed E-state index contributed by atoms with van der Waals surface area (Å²) in [4.78, 5) is 28.1. The van der Waals surface area contributed by atoms with Crippen LogP contribution >= 0.6 is 0 Å². The molecule has 1 aromatic rings. The van der Waals surface area contributed by atoms with E-state index in [4.69, 9.17) is 0 Å². The van der Waals surface area contributed by atoms with E-state index in [0.29, 0.717) is 0 Å². The van der Waals surface area contributed by atoms with Crippen molar-refractivity contribution in [1.29, 1.82) is 0 Å². The first-order valence-corrected chi connectivity index (χ1v) is 3.95. The number of carbonyl (C=O) groups is 1. The Balaban J connectivity index is 2.83. The molecular formula is C8H11N3O2. The fourth-order valence-corrected chi connectivity index (χ4v) is 0.829. The third-order valence-electron chi connectivity index (χ3n) is 1.33. The lowest BCUT2D eigenvalue weighted by molar-refractivity contribution is 0.0938. The van der Waals surface area contributed by atoms with E-state index in [2.05, 4.69) is 15.3 Å². The van der Waals surface area contributed by atoms with E-state index in [1.807, 2.05) is 13.8 Å². The summed E-state index contributed by atoms with van der Waals surface area (Å²) in [5.74, 6) is -0.332. The molecule has 0 radical (unpaired) electrons. The second-order valence-electron chi connectivity index (χ2n) is 2.92. The Morgan fingerprint density at radius 3 is 2.85 bits per heavy atom. The van der Waals surface area contributed by atoms with E-state index in [9.17, 15) is 9.59 Å². The molecule has 5 heteroatoms. The molecule has 0 unspecified atom stereocenters. The van der Waals surface area contributed by atoms with Crippen molar-refractivity contribution in [3.05, 3.63) is 28.4 Å². The molecule has 0 bridgehead atoms. The topological polar surface area (TPSA) is 74.8 Å². The van der Waals surface area contributed by atoms with Crippen molar-refractivity contribution in [2.45, 2.75) is 19.9 Å². The summed E-state index contributed by atoms with van der Waals surface area (Å²) in [7, 11) is 0. The van der Waals surface area contributed by atoms with E-state index in [1.54, 1.807) is 0 Å². The Kier molecular flexibility index (Phi) is 2.79. The first-order chi connectivity index (χ1) is 6.09. The van der Waals surface area contributed by atoms with Crippen LogP contribution in [0.15, 0.2) is 17.2 Å². The molecule has 1 heterocycles. The van der Waals surface area contributed by atoms with E-state index >= 15 is 0 Å². The number of hydrogen-bond acceptors (Lipinski definition) is 3. The summed E-state index contributed by atoms with van der Waals surface area (Å²) in [5.41, 5.74) is -0.193. The number of aromatic nitrogens is 2. The van der Waals surface area contributed by atoms with Crippen LogP contribution in [0.5, 0.6) is 0 Å². The molecule has 13 heavy (non-hydrogen) atoms. The monoisotopic (exact) mass is 181 g/mol. The summed E-state index contributed by atoms with van der Waals surface area (Å²) in [6.07, 6.45) is 1.21. The molecule has 1 aromatic heterocycles. The summed E-state index contributed by atoms with van der Waals surface area (Å²) in [6, 6.07) is 1.20. The van der Waals surface area contributed by atoms with Crippen LogP contribution in [0.1, 0.15) is 24.3 Å². The van der Waals surface area contributed by atoms with Gasteiger partial charge in [0.1, 0.15) is 5.69 Å². The summed E-state index contributed by atoms with van der Waals surface area (Å²) >= 11 is 0. The predicted molar refractivity (Wildman–Crippen MR) is 47.5 cm³/mol. The second kappa shape index (κ2) is 3.84. The highest BCUT2D eigenvalue weighted by atomic mass is 16.2. The SMILES string of the molecule is CC(C)NC(=O)c1cc(=O)[nH]cn1. The van der Waals surface area contributed by atoms with E-state index in [-0.39, 0.29) is 23.2 Å². The van der Waals surface area contributed by atoms with Gasteiger partial charge in [0.25, 0.3) is 11.5 Å². The van der Waals surface area contributed by atoms with Gasteiger partial charge in [-0.15, -0.1) is 0 Å².